The predicted octanol–water partition coefficient (Wildman–Crippen LogP) is 5.54. The van der Waals surface area contributed by atoms with Crippen LogP contribution in [0.1, 0.15) is 5.56 Å². The fourth-order valence-corrected chi connectivity index (χ4v) is 4.08. The molecule has 0 unspecified atom stereocenters. The van der Waals surface area contributed by atoms with Crippen LogP contribution in [0.3, 0.4) is 0 Å². The molecule has 0 aliphatic rings. The number of aromatic amines is 2. The Labute approximate surface area is 178 Å². The summed E-state index contributed by atoms with van der Waals surface area (Å²) < 4.78 is 0. The highest BCUT2D eigenvalue weighted by molar-refractivity contribution is 6.01. The van der Waals surface area contributed by atoms with E-state index in [9.17, 15) is 0 Å². The van der Waals surface area contributed by atoms with Crippen LogP contribution in [0.15, 0.2) is 79.6 Å². The minimum absolute atomic E-state index is 0.881. The maximum Gasteiger partial charge on any atom is 0.116 e. The minimum atomic E-state index is 0.881. The Morgan fingerprint density at radius 3 is 2.48 bits per heavy atom. The third kappa shape index (κ3) is 2.88. The molecule has 6 rings (SSSR count). The third-order valence-electron chi connectivity index (χ3n) is 5.69. The molecule has 0 aliphatic carbocycles. The Morgan fingerprint density at radius 1 is 0.710 bits per heavy atom. The number of fused-ring (bicyclic) bond motifs is 2. The summed E-state index contributed by atoms with van der Waals surface area (Å²) in [5, 5.41) is 9.92. The summed E-state index contributed by atoms with van der Waals surface area (Å²) in [7, 11) is 0. The Morgan fingerprint density at radius 2 is 1.61 bits per heavy atom. The van der Waals surface area contributed by atoms with E-state index in [1.165, 1.54) is 5.56 Å². The van der Waals surface area contributed by atoms with Gasteiger partial charge in [0.2, 0.25) is 0 Å². The van der Waals surface area contributed by atoms with Gasteiger partial charge in [-0.05, 0) is 48.4 Å². The maximum atomic E-state index is 4.62. The van der Waals surface area contributed by atoms with Gasteiger partial charge >= 0.3 is 0 Å². The van der Waals surface area contributed by atoms with Crippen molar-refractivity contribution >= 4 is 21.8 Å². The van der Waals surface area contributed by atoms with E-state index in [2.05, 4.69) is 61.3 Å². The Kier molecular flexibility index (Phi) is 3.89. The Balaban J connectivity index is 1.52. The van der Waals surface area contributed by atoms with Crippen molar-refractivity contribution in [3.63, 3.8) is 0 Å². The molecule has 5 aromatic heterocycles. The average molecular weight is 402 g/mol. The molecule has 0 amide bonds. The van der Waals surface area contributed by atoms with Gasteiger partial charge in [0.1, 0.15) is 5.69 Å². The largest absolute Gasteiger partial charge is 0.352 e. The van der Waals surface area contributed by atoms with E-state index < -0.39 is 0 Å². The van der Waals surface area contributed by atoms with Crippen molar-refractivity contribution in [1.29, 1.82) is 0 Å². The number of aromatic nitrogens is 6. The summed E-state index contributed by atoms with van der Waals surface area (Å²) in [5.41, 5.74) is 9.29. The van der Waals surface area contributed by atoms with E-state index in [4.69, 9.17) is 0 Å². The van der Waals surface area contributed by atoms with Gasteiger partial charge < -0.3 is 4.98 Å². The maximum absolute atomic E-state index is 4.62. The molecule has 0 fully saturated rings. The lowest BCUT2D eigenvalue weighted by Gasteiger charge is -2.05. The molecular formula is C25H18N6. The second-order valence-electron chi connectivity index (χ2n) is 7.60. The normalized spacial score (nSPS) is 11.4. The van der Waals surface area contributed by atoms with Gasteiger partial charge in [-0.15, -0.1) is 0 Å². The lowest BCUT2D eigenvalue weighted by Crippen LogP contribution is -1.85. The highest BCUT2D eigenvalue weighted by atomic mass is 15.1. The number of hydrogen-bond acceptors (Lipinski definition) is 4. The van der Waals surface area contributed by atoms with Crippen LogP contribution in [0.5, 0.6) is 0 Å². The summed E-state index contributed by atoms with van der Waals surface area (Å²) in [6.07, 6.45) is 11.1. The molecular weight excluding hydrogens is 384 g/mol. The first-order valence-electron chi connectivity index (χ1n) is 10.0. The van der Waals surface area contributed by atoms with Crippen molar-refractivity contribution in [1.82, 2.24) is 30.1 Å². The first-order chi connectivity index (χ1) is 15.3. The number of H-pyrrole nitrogens is 2. The molecule has 0 aliphatic heterocycles. The third-order valence-corrected chi connectivity index (χ3v) is 5.69. The van der Waals surface area contributed by atoms with Crippen molar-refractivity contribution in [2.75, 3.05) is 0 Å². The molecule has 0 radical (unpaired) electrons. The number of benzene rings is 1. The monoisotopic (exact) mass is 402 g/mol. The van der Waals surface area contributed by atoms with E-state index in [-0.39, 0.29) is 0 Å². The average Bonchev–Trinajstić information content (AvgIpc) is 3.43. The Bertz CT molecular complexity index is 1550. The van der Waals surface area contributed by atoms with E-state index in [1.54, 1.807) is 6.20 Å². The van der Waals surface area contributed by atoms with Gasteiger partial charge in [0.05, 0.1) is 22.9 Å². The topological polar surface area (TPSA) is 83.1 Å². The highest BCUT2D eigenvalue weighted by Gasteiger charge is 2.15. The smallest absolute Gasteiger partial charge is 0.116 e. The fourth-order valence-electron chi connectivity index (χ4n) is 4.08. The molecule has 6 aromatic rings. The fraction of sp³-hybridized carbons (Fsp3) is 0.0400. The quantitative estimate of drug-likeness (QED) is 0.407. The zero-order valence-electron chi connectivity index (χ0n) is 16.8. The Hall–Kier alpha value is -4.32. The highest BCUT2D eigenvalue weighted by Crippen LogP contribution is 2.34. The van der Waals surface area contributed by atoms with Gasteiger partial charge in [0.25, 0.3) is 0 Å². The van der Waals surface area contributed by atoms with E-state index in [0.29, 0.717) is 0 Å². The molecule has 148 valence electrons. The molecule has 5 heterocycles. The molecule has 6 nitrogen and oxygen atoms in total. The van der Waals surface area contributed by atoms with E-state index in [0.717, 1.165) is 55.4 Å². The van der Waals surface area contributed by atoms with Gasteiger partial charge in [-0.1, -0.05) is 12.1 Å². The van der Waals surface area contributed by atoms with Crippen LogP contribution in [0.25, 0.3) is 55.4 Å². The summed E-state index contributed by atoms with van der Waals surface area (Å²) in [6.45, 7) is 2.10. The van der Waals surface area contributed by atoms with Crippen molar-refractivity contribution in [2.24, 2.45) is 0 Å². The molecule has 6 heteroatoms. The summed E-state index contributed by atoms with van der Waals surface area (Å²) >= 11 is 0. The van der Waals surface area contributed by atoms with Gasteiger partial charge in [-0.2, -0.15) is 5.10 Å². The molecule has 0 spiro atoms. The molecule has 0 saturated heterocycles. The number of aryl methyl sites for hydroxylation is 1. The predicted molar refractivity (Wildman–Crippen MR) is 122 cm³/mol. The van der Waals surface area contributed by atoms with Crippen molar-refractivity contribution in [3.8, 4) is 33.6 Å². The number of nitrogens with zero attached hydrogens (tertiary/aromatic N) is 4. The van der Waals surface area contributed by atoms with Gasteiger partial charge in [0, 0.05) is 58.4 Å². The molecule has 2 N–H and O–H groups in total. The first-order valence-corrected chi connectivity index (χ1v) is 10.0. The van der Waals surface area contributed by atoms with Crippen LogP contribution in [-0.4, -0.2) is 30.1 Å². The number of nitrogens with one attached hydrogen (secondary N) is 2. The van der Waals surface area contributed by atoms with Crippen molar-refractivity contribution in [3.05, 3.63) is 85.2 Å². The standard InChI is InChI=1S/C25H18N6/c1-15-6-8-27-12-20(15)16-4-5-22-19(9-16)25(31-30-22)23-10-18-21(13-28-14-24(18)29-23)17-3-2-7-26-11-17/h2-14,29H,1H3,(H,30,31). The number of hydrogen-bond donors (Lipinski definition) is 2. The zero-order chi connectivity index (χ0) is 20.8. The SMILES string of the molecule is Cc1ccncc1-c1ccc2[nH]nc(-c3cc4c(-c5cccnc5)cncc4[nH]3)c2c1. The van der Waals surface area contributed by atoms with Gasteiger partial charge in [0.15, 0.2) is 0 Å². The van der Waals surface area contributed by atoms with Gasteiger partial charge in [-0.25, -0.2) is 0 Å². The van der Waals surface area contributed by atoms with Crippen LogP contribution in [0.2, 0.25) is 0 Å². The van der Waals surface area contributed by atoms with Crippen LogP contribution in [0, 0.1) is 6.92 Å². The lowest BCUT2D eigenvalue weighted by atomic mass is 10.0. The van der Waals surface area contributed by atoms with Crippen LogP contribution in [0.4, 0.5) is 0 Å². The molecule has 0 bridgehead atoms. The van der Waals surface area contributed by atoms with Crippen LogP contribution >= 0.6 is 0 Å². The molecule has 0 saturated carbocycles. The molecule has 0 atom stereocenters. The van der Waals surface area contributed by atoms with Crippen molar-refractivity contribution < 1.29 is 0 Å². The van der Waals surface area contributed by atoms with Gasteiger partial charge in [-0.3, -0.25) is 20.1 Å². The van der Waals surface area contributed by atoms with Crippen molar-refractivity contribution in [2.45, 2.75) is 6.92 Å². The van der Waals surface area contributed by atoms with Crippen LogP contribution in [-0.2, 0) is 0 Å². The minimum Gasteiger partial charge on any atom is -0.352 e. The number of rotatable bonds is 3. The summed E-state index contributed by atoms with van der Waals surface area (Å²) in [4.78, 5) is 16.5. The molecule has 31 heavy (non-hydrogen) atoms. The summed E-state index contributed by atoms with van der Waals surface area (Å²) in [5.74, 6) is 0. The second kappa shape index (κ2) is 6.88. The summed E-state index contributed by atoms with van der Waals surface area (Å²) in [6, 6.07) is 14.5. The second-order valence-corrected chi connectivity index (χ2v) is 7.60. The van der Waals surface area contributed by atoms with E-state index in [1.807, 2.05) is 49.2 Å². The van der Waals surface area contributed by atoms with Crippen LogP contribution < -0.4 is 0 Å². The first kappa shape index (κ1) is 17.5. The number of pyridine rings is 3. The van der Waals surface area contributed by atoms with E-state index >= 15 is 0 Å². The zero-order valence-corrected chi connectivity index (χ0v) is 16.8. The molecule has 1 aromatic carbocycles. The lowest BCUT2D eigenvalue weighted by molar-refractivity contribution is 1.12.